The van der Waals surface area contributed by atoms with Gasteiger partial charge in [0.15, 0.2) is 10.9 Å². The molecule has 0 fully saturated rings. The molecule has 174 valence electrons. The number of anilines is 3. The molecule has 0 spiro atoms. The van der Waals surface area contributed by atoms with Gasteiger partial charge in [0.2, 0.25) is 0 Å². The smallest absolute Gasteiger partial charge is 0.188 e. The fraction of sp³-hybridized carbons (Fsp3) is 0.385. The van der Waals surface area contributed by atoms with E-state index >= 15 is 0 Å². The fourth-order valence-corrected chi connectivity index (χ4v) is 4.81. The number of hydrogen-bond donors (Lipinski definition) is 1. The number of pyridine rings is 1. The van der Waals surface area contributed by atoms with Crippen LogP contribution in [0.2, 0.25) is 0 Å². The number of nitrogens with one attached hydrogen (secondary N) is 1. The molecule has 0 unspecified atom stereocenters. The molecule has 3 aromatic rings. The zero-order valence-corrected chi connectivity index (χ0v) is 20.9. The molecule has 0 saturated carbocycles. The van der Waals surface area contributed by atoms with E-state index in [4.69, 9.17) is 4.98 Å². The lowest BCUT2D eigenvalue weighted by Crippen LogP contribution is -2.33. The number of hydrogen-bond acceptors (Lipinski definition) is 6. The number of thiazole rings is 1. The first kappa shape index (κ1) is 23.2. The molecular weight excluding hydrogens is 433 g/mol. The summed E-state index contributed by atoms with van der Waals surface area (Å²) in [5.74, 6) is 1.60. The van der Waals surface area contributed by atoms with Gasteiger partial charge in [-0.3, -0.25) is 0 Å². The number of benzene rings is 1. The van der Waals surface area contributed by atoms with Crippen LogP contribution in [0.5, 0.6) is 0 Å². The Morgan fingerprint density at radius 3 is 2.58 bits per heavy atom. The van der Waals surface area contributed by atoms with Crippen molar-refractivity contribution in [2.45, 2.75) is 46.2 Å². The molecule has 33 heavy (non-hydrogen) atoms. The monoisotopic (exact) mass is 465 g/mol. The number of aryl methyl sites for hydroxylation is 2. The van der Waals surface area contributed by atoms with Crippen molar-refractivity contribution in [2.24, 2.45) is 0 Å². The van der Waals surface area contributed by atoms with Crippen LogP contribution in [0, 0.1) is 13.8 Å². The minimum absolute atomic E-state index is 0.642. The van der Waals surface area contributed by atoms with Gasteiger partial charge in [0.25, 0.3) is 0 Å². The third kappa shape index (κ3) is 5.03. The van der Waals surface area contributed by atoms with E-state index in [1.807, 2.05) is 37.3 Å². The van der Waals surface area contributed by atoms with E-state index in [-0.39, 0.29) is 0 Å². The van der Waals surface area contributed by atoms with Gasteiger partial charge in [-0.25, -0.2) is 14.4 Å². The van der Waals surface area contributed by atoms with Crippen molar-refractivity contribution in [1.82, 2.24) is 9.97 Å². The molecule has 0 aliphatic carbocycles. The minimum atomic E-state index is -1.41. The summed E-state index contributed by atoms with van der Waals surface area (Å²) in [4.78, 5) is 15.3. The van der Waals surface area contributed by atoms with Gasteiger partial charge in [-0.15, -0.1) is 11.3 Å². The van der Waals surface area contributed by atoms with Gasteiger partial charge in [0, 0.05) is 30.6 Å². The lowest BCUT2D eigenvalue weighted by molar-refractivity contribution is 0.221. The molecule has 0 atom stereocenters. The molecule has 0 amide bonds. The van der Waals surface area contributed by atoms with Gasteiger partial charge in [0.05, 0.1) is 17.1 Å². The van der Waals surface area contributed by atoms with E-state index in [1.165, 1.54) is 4.88 Å². The van der Waals surface area contributed by atoms with Crippen LogP contribution in [0.4, 0.5) is 21.0 Å². The third-order valence-electron chi connectivity index (χ3n) is 6.10. The summed E-state index contributed by atoms with van der Waals surface area (Å²) in [5, 5.41) is 4.23. The second-order valence-corrected chi connectivity index (χ2v) is 10.3. The van der Waals surface area contributed by atoms with Crippen LogP contribution in [-0.2, 0) is 5.67 Å². The Morgan fingerprint density at radius 1 is 1.12 bits per heavy atom. The number of aromatic nitrogens is 2. The highest BCUT2D eigenvalue weighted by Gasteiger charge is 2.23. The van der Waals surface area contributed by atoms with E-state index in [0.717, 1.165) is 65.3 Å². The van der Waals surface area contributed by atoms with Crippen molar-refractivity contribution in [3.63, 3.8) is 0 Å². The summed E-state index contributed by atoms with van der Waals surface area (Å²) in [7, 11) is 2.10. The highest BCUT2D eigenvalue weighted by molar-refractivity contribution is 7.15. The molecular formula is C26H32FN5S. The lowest BCUT2D eigenvalue weighted by Gasteiger charge is -2.33. The maximum absolute atomic E-state index is 14.6. The normalized spacial score (nSPS) is 14.5. The topological polar surface area (TPSA) is 44.3 Å². The second-order valence-electron chi connectivity index (χ2n) is 9.11. The number of nitrogens with zero attached hydrogens (tertiary/aromatic N) is 4. The van der Waals surface area contributed by atoms with Crippen LogP contribution in [0.15, 0.2) is 48.8 Å². The Kier molecular flexibility index (Phi) is 6.43. The molecule has 5 nitrogen and oxygen atoms in total. The Labute approximate surface area is 200 Å². The van der Waals surface area contributed by atoms with Crippen LogP contribution >= 0.6 is 11.3 Å². The average Bonchev–Trinajstić information content (AvgIpc) is 3.07. The quantitative estimate of drug-likeness (QED) is 0.457. The second kappa shape index (κ2) is 9.14. The summed E-state index contributed by atoms with van der Waals surface area (Å²) in [6, 6.07) is 11.7. The Hall–Kier alpha value is -2.93. The molecule has 3 heterocycles. The van der Waals surface area contributed by atoms with Gasteiger partial charge in [-0.2, -0.15) is 0 Å². The average molecular weight is 466 g/mol. The van der Waals surface area contributed by atoms with Crippen LogP contribution < -0.4 is 15.1 Å². The summed E-state index contributed by atoms with van der Waals surface area (Å²) in [6.45, 7) is 13.4. The van der Waals surface area contributed by atoms with E-state index in [1.54, 1.807) is 25.2 Å². The largest absolute Gasteiger partial charge is 0.372 e. The molecule has 0 saturated heterocycles. The molecule has 0 radical (unpaired) electrons. The molecule has 0 bridgehead atoms. The van der Waals surface area contributed by atoms with Crippen molar-refractivity contribution >= 4 is 28.0 Å². The Morgan fingerprint density at radius 2 is 1.88 bits per heavy atom. The minimum Gasteiger partial charge on any atom is -0.372 e. The Balaban J connectivity index is 1.74. The van der Waals surface area contributed by atoms with Gasteiger partial charge in [-0.05, 0) is 64.3 Å². The molecule has 1 N–H and O–H groups in total. The van der Waals surface area contributed by atoms with Crippen molar-refractivity contribution in [2.75, 3.05) is 35.3 Å². The number of halogens is 1. The highest BCUT2D eigenvalue weighted by atomic mass is 32.1. The molecule has 7 heteroatoms. The summed E-state index contributed by atoms with van der Waals surface area (Å²) in [6.07, 6.45) is 2.11. The molecule has 1 aliphatic rings. The highest BCUT2D eigenvalue weighted by Crippen LogP contribution is 2.36. The van der Waals surface area contributed by atoms with Crippen molar-refractivity contribution < 1.29 is 4.39 Å². The standard InChI is InChI=1S/C26H32FN5S/c1-17-18(2)33-25(28-17)29-19(3)32-15-8-7-14-31(6)23-13-12-22(30-24(23)32)20-10-9-11-21(16-20)26(4,5)27/h9-13,16H,3,7-8,14-15H2,1-2,4-6H3,(H,28,29). The van der Waals surface area contributed by atoms with Crippen LogP contribution in [0.25, 0.3) is 11.3 Å². The third-order valence-corrected chi connectivity index (χ3v) is 7.09. The predicted molar refractivity (Wildman–Crippen MR) is 138 cm³/mol. The number of rotatable bonds is 5. The molecule has 1 aliphatic heterocycles. The zero-order valence-electron chi connectivity index (χ0n) is 20.1. The first-order valence-electron chi connectivity index (χ1n) is 11.3. The number of alkyl halides is 1. The maximum Gasteiger partial charge on any atom is 0.188 e. The number of fused-ring (bicyclic) bond motifs is 1. The van der Waals surface area contributed by atoms with Gasteiger partial charge < -0.3 is 15.1 Å². The Bertz CT molecular complexity index is 1140. The van der Waals surface area contributed by atoms with E-state index in [9.17, 15) is 4.39 Å². The van der Waals surface area contributed by atoms with Crippen molar-refractivity contribution in [3.8, 4) is 11.3 Å². The van der Waals surface area contributed by atoms with E-state index < -0.39 is 5.67 Å². The van der Waals surface area contributed by atoms with Crippen LogP contribution in [0.3, 0.4) is 0 Å². The van der Waals surface area contributed by atoms with Gasteiger partial charge in [-0.1, -0.05) is 24.8 Å². The predicted octanol–water partition coefficient (Wildman–Crippen LogP) is 6.65. The fourth-order valence-electron chi connectivity index (χ4n) is 3.97. The van der Waals surface area contributed by atoms with Gasteiger partial charge >= 0.3 is 0 Å². The molecule has 4 rings (SSSR count). The van der Waals surface area contributed by atoms with Crippen molar-refractivity contribution in [3.05, 3.63) is 64.9 Å². The first-order chi connectivity index (χ1) is 15.6. The van der Waals surface area contributed by atoms with E-state index in [2.05, 4.69) is 46.7 Å². The first-order valence-corrected chi connectivity index (χ1v) is 12.1. The molecule has 1 aromatic carbocycles. The lowest BCUT2D eigenvalue weighted by atomic mass is 9.97. The zero-order chi connectivity index (χ0) is 23.8. The SMILES string of the molecule is C=C(Nc1nc(C)c(C)s1)N1CCCCN(C)c2ccc(-c3cccc(C(C)(C)F)c3)nc21. The van der Waals surface area contributed by atoms with E-state index in [0.29, 0.717) is 5.56 Å². The van der Waals surface area contributed by atoms with Gasteiger partial charge in [0.1, 0.15) is 11.5 Å². The summed E-state index contributed by atoms with van der Waals surface area (Å²) >= 11 is 1.63. The van der Waals surface area contributed by atoms with Crippen LogP contribution in [0.1, 0.15) is 42.8 Å². The summed E-state index contributed by atoms with van der Waals surface area (Å²) < 4.78 is 14.6. The van der Waals surface area contributed by atoms with Crippen molar-refractivity contribution in [1.29, 1.82) is 0 Å². The molecule has 2 aromatic heterocycles. The van der Waals surface area contributed by atoms with Crippen LogP contribution in [-0.4, -0.2) is 30.1 Å². The summed E-state index contributed by atoms with van der Waals surface area (Å²) in [5.41, 5.74) is 3.02. The maximum atomic E-state index is 14.6.